The monoisotopic (exact) mass is 285 g/mol. The fourth-order valence-electron chi connectivity index (χ4n) is 3.54. The van der Waals surface area contributed by atoms with Gasteiger partial charge in [0.25, 0.3) is 0 Å². The number of nitrogens with zero attached hydrogens (tertiary/aromatic N) is 1. The van der Waals surface area contributed by atoms with Crippen molar-refractivity contribution in [3.8, 4) is 0 Å². The van der Waals surface area contributed by atoms with Gasteiger partial charge in [-0.3, -0.25) is 4.90 Å². The van der Waals surface area contributed by atoms with Gasteiger partial charge in [0, 0.05) is 13.1 Å². The van der Waals surface area contributed by atoms with Gasteiger partial charge in [0.05, 0.1) is 38.8 Å². The van der Waals surface area contributed by atoms with Crippen LogP contribution in [0.2, 0.25) is 0 Å². The van der Waals surface area contributed by atoms with Crippen molar-refractivity contribution >= 4 is 0 Å². The van der Waals surface area contributed by atoms with E-state index in [-0.39, 0.29) is 25.4 Å². The number of fused-ring (bicyclic) bond motifs is 2. The molecule has 0 aromatic heterocycles. The molecule has 0 heterocycles. The van der Waals surface area contributed by atoms with Gasteiger partial charge in [-0.1, -0.05) is 6.08 Å². The molecule has 0 amide bonds. The van der Waals surface area contributed by atoms with E-state index in [1.54, 1.807) is 6.08 Å². The Kier molecular flexibility index (Phi) is 6.45. The molecular weight excluding hydrogens is 258 g/mol. The SMILES string of the molecule is C=CCOC1C2CCC(C2)C1OCN(CCO)CCO. The zero-order valence-electron chi connectivity index (χ0n) is 12.1. The summed E-state index contributed by atoms with van der Waals surface area (Å²) < 4.78 is 11.9. The lowest BCUT2D eigenvalue weighted by Crippen LogP contribution is -2.41. The Labute approximate surface area is 121 Å². The van der Waals surface area contributed by atoms with Crippen molar-refractivity contribution in [2.24, 2.45) is 11.8 Å². The van der Waals surface area contributed by atoms with Gasteiger partial charge in [0.1, 0.15) is 0 Å². The zero-order chi connectivity index (χ0) is 14.4. The van der Waals surface area contributed by atoms with Crippen LogP contribution in [0, 0.1) is 11.8 Å². The molecule has 2 aliphatic carbocycles. The molecule has 0 aromatic rings. The topological polar surface area (TPSA) is 62.2 Å². The second kappa shape index (κ2) is 8.10. The molecule has 0 saturated heterocycles. The molecule has 5 heteroatoms. The van der Waals surface area contributed by atoms with Crippen molar-refractivity contribution in [2.45, 2.75) is 31.5 Å². The lowest BCUT2D eigenvalue weighted by molar-refractivity contribution is -0.119. The van der Waals surface area contributed by atoms with Gasteiger partial charge in [-0.15, -0.1) is 6.58 Å². The summed E-state index contributed by atoms with van der Waals surface area (Å²) in [6.07, 6.45) is 5.77. The first-order valence-corrected chi connectivity index (χ1v) is 7.58. The summed E-state index contributed by atoms with van der Waals surface area (Å²) in [5.41, 5.74) is 0. The molecule has 2 rings (SSSR count). The summed E-state index contributed by atoms with van der Waals surface area (Å²) >= 11 is 0. The number of aliphatic hydroxyl groups is 2. The van der Waals surface area contributed by atoms with E-state index in [4.69, 9.17) is 19.7 Å². The van der Waals surface area contributed by atoms with E-state index in [9.17, 15) is 0 Å². The Morgan fingerprint density at radius 3 is 2.20 bits per heavy atom. The Balaban J connectivity index is 1.84. The zero-order valence-corrected chi connectivity index (χ0v) is 12.1. The van der Waals surface area contributed by atoms with Gasteiger partial charge >= 0.3 is 0 Å². The molecule has 0 radical (unpaired) electrons. The first-order valence-electron chi connectivity index (χ1n) is 7.58. The normalized spacial score (nSPS) is 32.1. The summed E-state index contributed by atoms with van der Waals surface area (Å²) in [4.78, 5) is 1.93. The van der Waals surface area contributed by atoms with Crippen LogP contribution >= 0.6 is 0 Å². The first-order chi connectivity index (χ1) is 9.80. The molecule has 2 saturated carbocycles. The summed E-state index contributed by atoms with van der Waals surface area (Å²) in [7, 11) is 0. The maximum absolute atomic E-state index is 9.01. The predicted octanol–water partition coefficient (Wildman–Crippen LogP) is 0.617. The molecule has 4 unspecified atom stereocenters. The molecule has 5 nitrogen and oxygen atoms in total. The smallest absolute Gasteiger partial charge is 0.0997 e. The largest absolute Gasteiger partial charge is 0.395 e. The molecule has 0 aliphatic heterocycles. The van der Waals surface area contributed by atoms with Gasteiger partial charge < -0.3 is 19.7 Å². The molecule has 2 N–H and O–H groups in total. The van der Waals surface area contributed by atoms with Gasteiger partial charge in [-0.2, -0.15) is 0 Å². The summed E-state index contributed by atoms with van der Waals surface area (Å²) in [6.45, 7) is 5.94. The van der Waals surface area contributed by atoms with Crippen LogP contribution in [0.1, 0.15) is 19.3 Å². The fraction of sp³-hybridized carbons (Fsp3) is 0.867. The highest BCUT2D eigenvalue weighted by atomic mass is 16.5. The average Bonchev–Trinajstić information content (AvgIpc) is 3.04. The van der Waals surface area contributed by atoms with E-state index in [0.717, 1.165) is 0 Å². The maximum atomic E-state index is 9.01. The van der Waals surface area contributed by atoms with Crippen LogP contribution in [0.15, 0.2) is 12.7 Å². The van der Waals surface area contributed by atoms with Gasteiger partial charge in [-0.25, -0.2) is 0 Å². The van der Waals surface area contributed by atoms with Gasteiger partial charge in [-0.05, 0) is 31.1 Å². The fourth-order valence-corrected chi connectivity index (χ4v) is 3.54. The molecule has 2 fully saturated rings. The minimum atomic E-state index is 0.0798. The number of rotatable bonds is 10. The minimum absolute atomic E-state index is 0.0798. The number of hydrogen-bond acceptors (Lipinski definition) is 5. The maximum Gasteiger partial charge on any atom is 0.0997 e. The summed E-state index contributed by atoms with van der Waals surface area (Å²) in [5, 5.41) is 18.0. The molecule has 0 spiro atoms. The molecular formula is C15H27NO4. The molecule has 20 heavy (non-hydrogen) atoms. The minimum Gasteiger partial charge on any atom is -0.395 e. The number of hydrogen-bond donors (Lipinski definition) is 2. The van der Waals surface area contributed by atoms with E-state index >= 15 is 0 Å². The van der Waals surface area contributed by atoms with E-state index < -0.39 is 0 Å². The lowest BCUT2D eigenvalue weighted by Gasteiger charge is -2.32. The highest BCUT2D eigenvalue weighted by Crippen LogP contribution is 2.47. The van der Waals surface area contributed by atoms with Crippen LogP contribution < -0.4 is 0 Å². The third-order valence-corrected chi connectivity index (χ3v) is 4.46. The lowest BCUT2D eigenvalue weighted by atomic mass is 9.94. The van der Waals surface area contributed by atoms with Gasteiger partial charge in [0.2, 0.25) is 0 Å². The highest BCUT2D eigenvalue weighted by Gasteiger charge is 2.49. The van der Waals surface area contributed by atoms with Crippen molar-refractivity contribution in [3.63, 3.8) is 0 Å². The molecule has 2 bridgehead atoms. The number of ether oxygens (including phenoxy) is 2. The van der Waals surface area contributed by atoms with Crippen LogP contribution in [0.4, 0.5) is 0 Å². The number of aliphatic hydroxyl groups excluding tert-OH is 2. The van der Waals surface area contributed by atoms with E-state index in [1.807, 2.05) is 4.90 Å². The Morgan fingerprint density at radius 1 is 1.05 bits per heavy atom. The van der Waals surface area contributed by atoms with Crippen molar-refractivity contribution in [2.75, 3.05) is 39.6 Å². The first kappa shape index (κ1) is 15.9. The Morgan fingerprint density at radius 2 is 1.65 bits per heavy atom. The highest BCUT2D eigenvalue weighted by molar-refractivity contribution is 4.99. The van der Waals surface area contributed by atoms with Crippen LogP contribution in [0.5, 0.6) is 0 Å². The van der Waals surface area contributed by atoms with E-state index in [1.165, 1.54) is 19.3 Å². The quantitative estimate of drug-likeness (QED) is 0.455. The standard InChI is InChI=1S/C15H27NO4/c1-2-9-19-14-12-3-4-13(10-12)15(14)20-11-16(5-7-17)6-8-18/h2,12-15,17-18H,1,3-11H2. The third-order valence-electron chi connectivity index (χ3n) is 4.46. The Hall–Kier alpha value is -0.460. The predicted molar refractivity (Wildman–Crippen MR) is 76.3 cm³/mol. The van der Waals surface area contributed by atoms with E-state index in [2.05, 4.69) is 6.58 Å². The van der Waals surface area contributed by atoms with Crippen molar-refractivity contribution in [3.05, 3.63) is 12.7 Å². The van der Waals surface area contributed by atoms with Crippen LogP contribution in [0.3, 0.4) is 0 Å². The third kappa shape index (κ3) is 3.80. The van der Waals surface area contributed by atoms with Crippen LogP contribution in [-0.2, 0) is 9.47 Å². The van der Waals surface area contributed by atoms with Crippen LogP contribution in [0.25, 0.3) is 0 Å². The molecule has 116 valence electrons. The molecule has 2 aliphatic rings. The second-order valence-corrected chi connectivity index (χ2v) is 5.75. The van der Waals surface area contributed by atoms with Crippen molar-refractivity contribution < 1.29 is 19.7 Å². The average molecular weight is 285 g/mol. The second-order valence-electron chi connectivity index (χ2n) is 5.75. The van der Waals surface area contributed by atoms with Crippen molar-refractivity contribution in [1.82, 2.24) is 4.90 Å². The summed E-state index contributed by atoms with van der Waals surface area (Å²) in [6, 6.07) is 0. The van der Waals surface area contributed by atoms with Crippen LogP contribution in [-0.4, -0.2) is 67.0 Å². The molecule has 4 atom stereocenters. The van der Waals surface area contributed by atoms with E-state index in [0.29, 0.717) is 38.3 Å². The van der Waals surface area contributed by atoms with Crippen molar-refractivity contribution in [1.29, 1.82) is 0 Å². The van der Waals surface area contributed by atoms with Gasteiger partial charge in [0.15, 0.2) is 0 Å². The summed E-state index contributed by atoms with van der Waals surface area (Å²) in [5.74, 6) is 1.22. The Bertz CT molecular complexity index is 294. The molecule has 0 aromatic carbocycles.